The SMILES string of the molecule is [2H]C([2H])([2H])C([2H])(OC(=O)CCC/C=C\C[C@@H]1[C@@H](/C=C/[C@@H](O)COc2cccc(C(F)(F)F)c2)[C@H](O)C[C@@H]1O)C([2H])([2H])[2H]. The number of unbranched alkanes of at least 4 members (excludes halogenated alkanes) is 1. The smallest absolute Gasteiger partial charge is 0.416 e. The van der Waals surface area contributed by atoms with Crippen LogP contribution in [0.2, 0.25) is 0 Å². The van der Waals surface area contributed by atoms with Gasteiger partial charge in [0.25, 0.3) is 0 Å². The fourth-order valence-corrected chi connectivity index (χ4v) is 3.86. The first kappa shape index (κ1) is 19.8. The average Bonchev–Trinajstić information content (AvgIpc) is 3.13. The van der Waals surface area contributed by atoms with Gasteiger partial charge >= 0.3 is 12.1 Å². The van der Waals surface area contributed by atoms with Crippen LogP contribution in [0.25, 0.3) is 0 Å². The van der Waals surface area contributed by atoms with Gasteiger partial charge in [0.1, 0.15) is 18.5 Å². The lowest BCUT2D eigenvalue weighted by molar-refractivity contribution is -0.147. The van der Waals surface area contributed by atoms with Crippen molar-refractivity contribution in [3.05, 3.63) is 54.1 Å². The summed E-state index contributed by atoms with van der Waals surface area (Å²) in [6.45, 7) is -7.09. The van der Waals surface area contributed by atoms with E-state index in [1.165, 1.54) is 24.3 Å². The lowest BCUT2D eigenvalue weighted by Crippen LogP contribution is -2.21. The highest BCUT2D eigenvalue weighted by Gasteiger charge is 2.39. The normalized spacial score (nSPS) is 27.9. The van der Waals surface area contributed by atoms with Crippen molar-refractivity contribution in [1.29, 1.82) is 0 Å². The number of benzene rings is 1. The molecular formula is C26H35F3O6. The molecule has 0 heterocycles. The summed E-state index contributed by atoms with van der Waals surface area (Å²) in [5.41, 5.74) is -0.888. The third-order valence-electron chi connectivity index (χ3n) is 5.60. The Kier molecular flexibility index (Phi) is 7.72. The highest BCUT2D eigenvalue weighted by molar-refractivity contribution is 5.69. The van der Waals surface area contributed by atoms with Gasteiger partial charge in [-0.3, -0.25) is 4.79 Å². The second kappa shape index (κ2) is 13.7. The first-order valence-corrected chi connectivity index (χ1v) is 11.2. The van der Waals surface area contributed by atoms with E-state index in [0.717, 1.165) is 12.1 Å². The van der Waals surface area contributed by atoms with Crippen LogP contribution in [0.3, 0.4) is 0 Å². The topological polar surface area (TPSA) is 96.2 Å². The fourth-order valence-electron chi connectivity index (χ4n) is 3.86. The second-order valence-electron chi connectivity index (χ2n) is 8.30. The molecule has 1 saturated carbocycles. The highest BCUT2D eigenvalue weighted by atomic mass is 19.4. The standard InChI is InChI=1S/C26H35F3O6/c1-17(2)35-25(33)11-6-4-3-5-10-21-22(24(32)15-23(21)31)13-12-19(30)16-34-20-9-7-8-18(14-20)26(27,28)29/h3,5,7-9,12-14,17,19,21-24,30-32H,4,6,10-11,15-16H2,1-2H3/b5-3-,13-12+/t19-,21-,22-,23+,24-/m1/s1/i1D3,2D3,17D. The van der Waals surface area contributed by atoms with E-state index < -0.39 is 67.6 Å². The Labute approximate surface area is 213 Å². The van der Waals surface area contributed by atoms with Crippen LogP contribution in [0, 0.1) is 11.8 Å². The summed E-state index contributed by atoms with van der Waals surface area (Å²) in [6, 6.07) is 4.22. The number of allylic oxidation sites excluding steroid dienone is 2. The predicted molar refractivity (Wildman–Crippen MR) is 125 cm³/mol. The van der Waals surface area contributed by atoms with Crippen molar-refractivity contribution < 1.29 is 52.4 Å². The van der Waals surface area contributed by atoms with Crippen molar-refractivity contribution in [3.8, 4) is 5.75 Å². The number of carbonyl (C=O) groups excluding carboxylic acids is 1. The summed E-state index contributed by atoms with van der Waals surface area (Å²) in [4.78, 5) is 12.0. The van der Waals surface area contributed by atoms with Gasteiger partial charge in [-0.1, -0.05) is 30.4 Å². The summed E-state index contributed by atoms with van der Waals surface area (Å²) in [6.07, 6.45) is -4.02. The van der Waals surface area contributed by atoms with Crippen LogP contribution in [-0.2, 0) is 15.7 Å². The molecule has 1 aromatic carbocycles. The Balaban J connectivity index is 1.85. The molecule has 0 radical (unpaired) electrons. The van der Waals surface area contributed by atoms with E-state index >= 15 is 0 Å². The molecule has 0 aliphatic heterocycles. The lowest BCUT2D eigenvalue weighted by Gasteiger charge is -2.19. The second-order valence-corrected chi connectivity index (χ2v) is 8.30. The Bertz CT molecular complexity index is 1080. The van der Waals surface area contributed by atoms with Crippen LogP contribution in [0.15, 0.2) is 48.6 Å². The molecular weight excluding hydrogens is 465 g/mol. The molecule has 2 rings (SSSR count). The number of hydrogen-bond donors (Lipinski definition) is 3. The van der Waals surface area contributed by atoms with Gasteiger partial charge < -0.3 is 24.8 Å². The van der Waals surface area contributed by atoms with Gasteiger partial charge in [0, 0.05) is 27.0 Å². The molecule has 1 aliphatic carbocycles. The zero-order valence-corrected chi connectivity index (χ0v) is 18.9. The number of ether oxygens (including phenoxy) is 2. The van der Waals surface area contributed by atoms with Crippen LogP contribution < -0.4 is 4.74 Å². The number of halogens is 3. The molecule has 0 aromatic heterocycles. The monoisotopic (exact) mass is 507 g/mol. The Morgan fingerprint density at radius 2 is 2.06 bits per heavy atom. The predicted octanol–water partition coefficient (Wildman–Crippen LogP) is 4.43. The van der Waals surface area contributed by atoms with Crippen LogP contribution in [0.1, 0.15) is 61.0 Å². The number of hydrogen-bond acceptors (Lipinski definition) is 6. The van der Waals surface area contributed by atoms with E-state index in [1.54, 1.807) is 12.2 Å². The van der Waals surface area contributed by atoms with Gasteiger partial charge in [0.15, 0.2) is 0 Å². The van der Waals surface area contributed by atoms with E-state index in [-0.39, 0.29) is 31.6 Å². The van der Waals surface area contributed by atoms with E-state index in [2.05, 4.69) is 4.74 Å². The number of esters is 1. The molecule has 196 valence electrons. The number of alkyl halides is 3. The van der Waals surface area contributed by atoms with Crippen LogP contribution >= 0.6 is 0 Å². The van der Waals surface area contributed by atoms with Crippen molar-refractivity contribution in [2.24, 2.45) is 11.8 Å². The third kappa shape index (κ3) is 10.0. The van der Waals surface area contributed by atoms with Crippen molar-refractivity contribution in [1.82, 2.24) is 0 Å². The molecule has 5 atom stereocenters. The summed E-state index contributed by atoms with van der Waals surface area (Å²) in [5, 5.41) is 31.0. The maximum Gasteiger partial charge on any atom is 0.416 e. The minimum absolute atomic E-state index is 0.0709. The molecule has 0 unspecified atom stereocenters. The van der Waals surface area contributed by atoms with Crippen molar-refractivity contribution in [2.75, 3.05) is 6.61 Å². The molecule has 35 heavy (non-hydrogen) atoms. The van der Waals surface area contributed by atoms with E-state index in [1.807, 2.05) is 0 Å². The van der Waals surface area contributed by atoms with E-state index in [4.69, 9.17) is 14.3 Å². The lowest BCUT2D eigenvalue weighted by atomic mass is 9.89. The zero-order chi connectivity index (χ0) is 31.9. The first-order valence-electron chi connectivity index (χ1n) is 14.7. The minimum Gasteiger partial charge on any atom is -0.491 e. The molecule has 0 bridgehead atoms. The van der Waals surface area contributed by atoms with Gasteiger partial charge in [-0.2, -0.15) is 13.2 Å². The molecule has 0 spiro atoms. The molecule has 1 fully saturated rings. The number of rotatable bonds is 12. The first-order chi connectivity index (χ1) is 19.3. The van der Waals surface area contributed by atoms with Crippen molar-refractivity contribution >= 4 is 5.97 Å². The van der Waals surface area contributed by atoms with Crippen molar-refractivity contribution in [3.63, 3.8) is 0 Å². The highest BCUT2D eigenvalue weighted by Crippen LogP contribution is 2.36. The van der Waals surface area contributed by atoms with Gasteiger partial charge in [-0.05, 0) is 57.1 Å². The quantitative estimate of drug-likeness (QED) is 0.220. The molecule has 3 N–H and O–H groups in total. The van der Waals surface area contributed by atoms with Gasteiger partial charge in [0.05, 0.1) is 25.2 Å². The number of carbonyl (C=O) groups is 1. The molecule has 9 heteroatoms. The third-order valence-corrected chi connectivity index (χ3v) is 5.60. The largest absolute Gasteiger partial charge is 0.491 e. The number of aliphatic hydroxyl groups is 3. The maximum atomic E-state index is 12.8. The van der Waals surface area contributed by atoms with Gasteiger partial charge in [-0.25, -0.2) is 0 Å². The summed E-state index contributed by atoms with van der Waals surface area (Å²) in [7, 11) is 0. The summed E-state index contributed by atoms with van der Waals surface area (Å²) >= 11 is 0. The van der Waals surface area contributed by atoms with Crippen molar-refractivity contribution in [2.45, 2.75) is 76.4 Å². The Hall–Kier alpha value is -2.36. The van der Waals surface area contributed by atoms with E-state index in [9.17, 15) is 33.3 Å². The maximum absolute atomic E-state index is 12.8. The van der Waals surface area contributed by atoms with Crippen LogP contribution in [0.4, 0.5) is 13.2 Å². The molecule has 6 nitrogen and oxygen atoms in total. The summed E-state index contributed by atoms with van der Waals surface area (Å²) < 4.78 is 99.6. The van der Waals surface area contributed by atoms with Gasteiger partial charge in [-0.15, -0.1) is 0 Å². The van der Waals surface area contributed by atoms with Crippen LogP contribution in [0.5, 0.6) is 5.75 Å². The molecule has 0 saturated heterocycles. The Morgan fingerprint density at radius 1 is 1.29 bits per heavy atom. The Morgan fingerprint density at radius 3 is 2.77 bits per heavy atom. The summed E-state index contributed by atoms with van der Waals surface area (Å²) in [5.74, 6) is -2.16. The average molecular weight is 508 g/mol. The van der Waals surface area contributed by atoms with E-state index in [0.29, 0.717) is 12.8 Å². The molecule has 1 aliphatic rings. The fraction of sp³-hybridized carbons (Fsp3) is 0.577. The minimum atomic E-state index is -4.54. The molecule has 1 aromatic rings. The van der Waals surface area contributed by atoms with Crippen LogP contribution in [-0.4, -0.2) is 52.3 Å². The number of aliphatic hydroxyl groups excluding tert-OH is 3. The zero-order valence-electron chi connectivity index (χ0n) is 25.9. The van der Waals surface area contributed by atoms with Gasteiger partial charge in [0.2, 0.25) is 0 Å². The molecule has 0 amide bonds.